The molecule has 0 atom stereocenters. The van der Waals surface area contributed by atoms with E-state index in [0.717, 1.165) is 0 Å². The molecule has 0 radical (unpaired) electrons. The Labute approximate surface area is 188 Å². The first-order valence-corrected chi connectivity index (χ1v) is 11.4. The van der Waals surface area contributed by atoms with Crippen molar-refractivity contribution in [1.82, 2.24) is 25.0 Å². The van der Waals surface area contributed by atoms with Crippen molar-refractivity contribution in [3.63, 3.8) is 0 Å². The molecule has 1 spiro atoms. The number of urea groups is 1. The smallest absolute Gasteiger partial charge is 0.325 e. The molecule has 0 bridgehead atoms. The zero-order valence-electron chi connectivity index (χ0n) is 18.7. The number of nitrogens with one attached hydrogen (secondary N) is 1. The topological polar surface area (TPSA) is 103 Å². The second-order valence-electron chi connectivity index (χ2n) is 9.42. The Balaban J connectivity index is 1.33. The van der Waals surface area contributed by atoms with Gasteiger partial charge in [-0.25, -0.2) is 4.79 Å². The lowest BCUT2D eigenvalue weighted by Gasteiger charge is -2.44. The molecule has 32 heavy (non-hydrogen) atoms. The van der Waals surface area contributed by atoms with Crippen LogP contribution in [0.4, 0.5) is 4.79 Å². The number of imide groups is 1. The number of rotatable bonds is 4. The van der Waals surface area contributed by atoms with Gasteiger partial charge in [-0.1, -0.05) is 13.8 Å². The Morgan fingerprint density at radius 2 is 1.69 bits per heavy atom. The molecule has 0 unspecified atom stereocenters. The molecule has 5 amide bonds. The third-order valence-corrected chi connectivity index (χ3v) is 6.91. The summed E-state index contributed by atoms with van der Waals surface area (Å²) in [6, 6.07) is 3.08. The SMILES string of the molecule is CC(C)CN1C(=O)NC(=O)C12CCN(C(=O)C1CCN(C(=O)c3ccncc3)CC1)CC2. The molecule has 4 heterocycles. The number of amides is 5. The van der Waals surface area contributed by atoms with Gasteiger partial charge in [0, 0.05) is 56.6 Å². The van der Waals surface area contributed by atoms with Crippen LogP contribution in [0.2, 0.25) is 0 Å². The van der Waals surface area contributed by atoms with Gasteiger partial charge in [0.25, 0.3) is 11.8 Å². The Morgan fingerprint density at radius 1 is 1.06 bits per heavy atom. The number of carbonyl (C=O) groups excluding carboxylic acids is 4. The number of hydrogen-bond donors (Lipinski definition) is 1. The monoisotopic (exact) mass is 441 g/mol. The van der Waals surface area contributed by atoms with Gasteiger partial charge in [0.05, 0.1) is 0 Å². The van der Waals surface area contributed by atoms with E-state index >= 15 is 0 Å². The molecule has 3 aliphatic rings. The molecule has 0 aromatic carbocycles. The van der Waals surface area contributed by atoms with Gasteiger partial charge in [0.2, 0.25) is 5.91 Å². The van der Waals surface area contributed by atoms with Crippen molar-refractivity contribution in [3.05, 3.63) is 30.1 Å². The zero-order chi connectivity index (χ0) is 22.9. The maximum absolute atomic E-state index is 13.1. The number of piperidine rings is 2. The Hall–Kier alpha value is -2.97. The van der Waals surface area contributed by atoms with E-state index in [-0.39, 0.29) is 35.6 Å². The van der Waals surface area contributed by atoms with E-state index < -0.39 is 5.54 Å². The molecule has 4 rings (SSSR count). The summed E-state index contributed by atoms with van der Waals surface area (Å²) >= 11 is 0. The first-order chi connectivity index (χ1) is 15.3. The van der Waals surface area contributed by atoms with E-state index in [9.17, 15) is 19.2 Å². The van der Waals surface area contributed by atoms with Crippen molar-refractivity contribution in [2.75, 3.05) is 32.7 Å². The molecule has 3 saturated heterocycles. The number of carbonyl (C=O) groups is 4. The Bertz CT molecular complexity index is 887. The number of nitrogens with zero attached hydrogens (tertiary/aromatic N) is 4. The van der Waals surface area contributed by atoms with Gasteiger partial charge < -0.3 is 14.7 Å². The van der Waals surface area contributed by atoms with E-state index in [0.29, 0.717) is 64.0 Å². The summed E-state index contributed by atoms with van der Waals surface area (Å²) < 4.78 is 0. The van der Waals surface area contributed by atoms with Crippen LogP contribution >= 0.6 is 0 Å². The lowest BCUT2D eigenvalue weighted by Crippen LogP contribution is -2.58. The summed E-state index contributed by atoms with van der Waals surface area (Å²) in [7, 11) is 0. The van der Waals surface area contributed by atoms with Crippen LogP contribution in [-0.2, 0) is 9.59 Å². The molecule has 1 N–H and O–H groups in total. The van der Waals surface area contributed by atoms with Gasteiger partial charge in [-0.05, 0) is 43.7 Å². The van der Waals surface area contributed by atoms with E-state index in [1.165, 1.54) is 0 Å². The minimum Gasteiger partial charge on any atom is -0.342 e. The van der Waals surface area contributed by atoms with Crippen molar-refractivity contribution in [3.8, 4) is 0 Å². The summed E-state index contributed by atoms with van der Waals surface area (Å²) in [6.45, 7) is 6.59. The van der Waals surface area contributed by atoms with E-state index in [1.54, 1.807) is 34.3 Å². The Morgan fingerprint density at radius 3 is 2.28 bits per heavy atom. The van der Waals surface area contributed by atoms with Gasteiger partial charge in [0.1, 0.15) is 5.54 Å². The third kappa shape index (κ3) is 4.08. The molecular weight excluding hydrogens is 410 g/mol. The predicted molar refractivity (Wildman–Crippen MR) is 116 cm³/mol. The van der Waals surface area contributed by atoms with Crippen LogP contribution in [0.1, 0.15) is 49.9 Å². The lowest BCUT2D eigenvalue weighted by atomic mass is 9.84. The largest absolute Gasteiger partial charge is 0.342 e. The summed E-state index contributed by atoms with van der Waals surface area (Å²) in [5.74, 6) is -0.0332. The molecule has 0 aliphatic carbocycles. The van der Waals surface area contributed by atoms with Crippen molar-refractivity contribution in [2.24, 2.45) is 11.8 Å². The maximum atomic E-state index is 13.1. The predicted octanol–water partition coefficient (Wildman–Crippen LogP) is 1.50. The van der Waals surface area contributed by atoms with Crippen molar-refractivity contribution < 1.29 is 19.2 Å². The van der Waals surface area contributed by atoms with Crippen LogP contribution in [0.25, 0.3) is 0 Å². The summed E-state index contributed by atoms with van der Waals surface area (Å²) in [6.07, 6.45) is 5.40. The van der Waals surface area contributed by atoms with Crippen molar-refractivity contribution >= 4 is 23.8 Å². The van der Waals surface area contributed by atoms with Gasteiger partial charge in [-0.3, -0.25) is 24.7 Å². The molecule has 3 fully saturated rings. The Kier molecular flexibility index (Phi) is 6.17. The van der Waals surface area contributed by atoms with E-state index in [2.05, 4.69) is 10.3 Å². The number of aromatic nitrogens is 1. The summed E-state index contributed by atoms with van der Waals surface area (Å²) in [5.41, 5.74) is -0.222. The van der Waals surface area contributed by atoms with Crippen LogP contribution in [0, 0.1) is 11.8 Å². The minimum absolute atomic E-state index is 0.0274. The lowest BCUT2D eigenvalue weighted by molar-refractivity contribution is -0.142. The highest BCUT2D eigenvalue weighted by Crippen LogP contribution is 2.35. The molecule has 9 nitrogen and oxygen atoms in total. The van der Waals surface area contributed by atoms with Gasteiger partial charge >= 0.3 is 6.03 Å². The van der Waals surface area contributed by atoms with Crippen LogP contribution in [0.15, 0.2) is 24.5 Å². The van der Waals surface area contributed by atoms with Crippen LogP contribution in [0.5, 0.6) is 0 Å². The fraction of sp³-hybridized carbons (Fsp3) is 0.609. The molecule has 9 heteroatoms. The molecular formula is C23H31N5O4. The van der Waals surface area contributed by atoms with E-state index in [4.69, 9.17) is 0 Å². The van der Waals surface area contributed by atoms with Gasteiger partial charge in [-0.2, -0.15) is 0 Å². The number of likely N-dealkylation sites (tertiary alicyclic amines) is 2. The highest BCUT2D eigenvalue weighted by molar-refractivity contribution is 6.07. The highest BCUT2D eigenvalue weighted by Gasteiger charge is 2.54. The maximum Gasteiger partial charge on any atom is 0.325 e. The van der Waals surface area contributed by atoms with Gasteiger partial charge in [-0.15, -0.1) is 0 Å². The summed E-state index contributed by atoms with van der Waals surface area (Å²) in [5, 5.41) is 2.47. The fourth-order valence-electron chi connectivity index (χ4n) is 5.08. The van der Waals surface area contributed by atoms with Crippen molar-refractivity contribution in [2.45, 2.75) is 45.1 Å². The number of pyridine rings is 1. The standard InChI is InChI=1S/C23H31N5O4/c1-16(2)15-28-22(32)25-21(31)23(28)7-13-27(14-8-23)20(30)18-5-11-26(12-6-18)19(29)17-3-9-24-10-4-17/h3-4,9-10,16,18H,5-8,11-15H2,1-2H3,(H,25,31,32). The van der Waals surface area contributed by atoms with Crippen LogP contribution in [-0.4, -0.2) is 81.7 Å². The highest BCUT2D eigenvalue weighted by atomic mass is 16.2. The van der Waals surface area contributed by atoms with Crippen LogP contribution in [0.3, 0.4) is 0 Å². The van der Waals surface area contributed by atoms with E-state index in [1.807, 2.05) is 18.7 Å². The zero-order valence-corrected chi connectivity index (χ0v) is 18.7. The second-order valence-corrected chi connectivity index (χ2v) is 9.42. The molecule has 1 aromatic heterocycles. The average Bonchev–Trinajstić information content (AvgIpc) is 3.03. The first kappa shape index (κ1) is 22.2. The fourth-order valence-corrected chi connectivity index (χ4v) is 5.08. The summed E-state index contributed by atoms with van der Waals surface area (Å²) in [4.78, 5) is 60.0. The van der Waals surface area contributed by atoms with Crippen LogP contribution < -0.4 is 5.32 Å². The molecule has 1 aromatic rings. The quantitative estimate of drug-likeness (QED) is 0.714. The third-order valence-electron chi connectivity index (χ3n) is 6.91. The molecule has 3 aliphatic heterocycles. The second kappa shape index (κ2) is 8.88. The number of hydrogen-bond acceptors (Lipinski definition) is 5. The minimum atomic E-state index is -0.835. The van der Waals surface area contributed by atoms with Gasteiger partial charge in [0.15, 0.2) is 0 Å². The van der Waals surface area contributed by atoms with Crippen molar-refractivity contribution in [1.29, 1.82) is 0 Å². The molecule has 0 saturated carbocycles. The normalized spacial score (nSPS) is 21.4. The first-order valence-electron chi connectivity index (χ1n) is 11.4. The molecule has 172 valence electrons. The average molecular weight is 442 g/mol.